The third-order valence-electron chi connectivity index (χ3n) is 4.18. The number of anilines is 1. The molecule has 1 aromatic carbocycles. The molecule has 1 heterocycles. The summed E-state index contributed by atoms with van der Waals surface area (Å²) in [5, 5.41) is 13.3. The Morgan fingerprint density at radius 1 is 1.35 bits per heavy atom. The Kier molecular flexibility index (Phi) is 5.06. The molecular formula is C17H28N2O. The Labute approximate surface area is 123 Å². The van der Waals surface area contributed by atoms with Gasteiger partial charge in [0, 0.05) is 37.3 Å². The van der Waals surface area contributed by atoms with E-state index in [1.807, 2.05) is 6.92 Å². The van der Waals surface area contributed by atoms with Gasteiger partial charge >= 0.3 is 0 Å². The van der Waals surface area contributed by atoms with Gasteiger partial charge in [0.15, 0.2) is 0 Å². The highest BCUT2D eigenvalue weighted by molar-refractivity contribution is 5.55. The van der Waals surface area contributed by atoms with Crippen molar-refractivity contribution in [2.45, 2.75) is 52.8 Å². The van der Waals surface area contributed by atoms with E-state index < -0.39 is 0 Å². The molecule has 1 fully saturated rings. The van der Waals surface area contributed by atoms with Gasteiger partial charge in [-0.2, -0.15) is 0 Å². The van der Waals surface area contributed by atoms with Gasteiger partial charge in [0.1, 0.15) is 0 Å². The van der Waals surface area contributed by atoms with Crippen LogP contribution in [0, 0.1) is 12.8 Å². The van der Waals surface area contributed by atoms with Crippen LogP contribution in [0.3, 0.4) is 0 Å². The zero-order chi connectivity index (χ0) is 14.7. The topological polar surface area (TPSA) is 35.5 Å². The Balaban J connectivity index is 2.14. The summed E-state index contributed by atoms with van der Waals surface area (Å²) in [5.74, 6) is 0.405. The van der Waals surface area contributed by atoms with E-state index >= 15 is 0 Å². The average Bonchev–Trinajstić information content (AvgIpc) is 2.86. The van der Waals surface area contributed by atoms with Gasteiger partial charge in [-0.15, -0.1) is 0 Å². The number of hydrogen-bond donors (Lipinski definition) is 2. The minimum Gasteiger partial charge on any atom is -0.393 e. The molecule has 2 unspecified atom stereocenters. The molecule has 3 nitrogen and oxygen atoms in total. The Bertz CT molecular complexity index is 443. The second-order valence-corrected chi connectivity index (χ2v) is 6.40. The fourth-order valence-corrected chi connectivity index (χ4v) is 2.88. The molecule has 0 amide bonds. The molecule has 1 aliphatic heterocycles. The lowest BCUT2D eigenvalue weighted by atomic mass is 10.0. The highest BCUT2D eigenvalue weighted by Crippen LogP contribution is 2.29. The number of rotatable bonds is 5. The maximum atomic E-state index is 9.77. The van der Waals surface area contributed by atoms with Crippen LogP contribution in [-0.4, -0.2) is 30.3 Å². The van der Waals surface area contributed by atoms with Gasteiger partial charge in [0.25, 0.3) is 0 Å². The summed E-state index contributed by atoms with van der Waals surface area (Å²) in [4.78, 5) is 2.42. The molecule has 1 saturated heterocycles. The summed E-state index contributed by atoms with van der Waals surface area (Å²) in [6.45, 7) is 11.3. The van der Waals surface area contributed by atoms with E-state index in [0.29, 0.717) is 12.0 Å². The van der Waals surface area contributed by atoms with Crippen molar-refractivity contribution in [3.63, 3.8) is 0 Å². The summed E-state index contributed by atoms with van der Waals surface area (Å²) >= 11 is 0. The summed E-state index contributed by atoms with van der Waals surface area (Å²) in [6.07, 6.45) is 0.880. The van der Waals surface area contributed by atoms with Gasteiger partial charge in [0.2, 0.25) is 0 Å². The number of aryl methyl sites for hydroxylation is 1. The van der Waals surface area contributed by atoms with Crippen LogP contribution >= 0.6 is 0 Å². The standard InChI is InChI=1S/C17H28N2O/c1-12(2)18-10-16-9-13(3)5-6-17(16)19-8-7-15(11-19)14(4)20/h5-6,9,12,14-15,18,20H,7-8,10-11H2,1-4H3. The van der Waals surface area contributed by atoms with Gasteiger partial charge < -0.3 is 15.3 Å². The third-order valence-corrected chi connectivity index (χ3v) is 4.18. The molecule has 0 saturated carbocycles. The number of nitrogens with one attached hydrogen (secondary N) is 1. The van der Waals surface area contributed by atoms with Crippen LogP contribution in [0.25, 0.3) is 0 Å². The van der Waals surface area contributed by atoms with Crippen LogP contribution in [0.15, 0.2) is 18.2 Å². The molecule has 2 atom stereocenters. The first-order valence-corrected chi connectivity index (χ1v) is 7.73. The van der Waals surface area contributed by atoms with Gasteiger partial charge in [-0.05, 0) is 31.9 Å². The Hall–Kier alpha value is -1.06. The first-order chi connectivity index (χ1) is 9.47. The van der Waals surface area contributed by atoms with Crippen LogP contribution in [-0.2, 0) is 6.54 Å². The minimum absolute atomic E-state index is 0.206. The van der Waals surface area contributed by atoms with E-state index in [9.17, 15) is 5.11 Å². The third kappa shape index (κ3) is 3.74. The summed E-state index contributed by atoms with van der Waals surface area (Å²) in [7, 11) is 0. The largest absolute Gasteiger partial charge is 0.393 e. The predicted molar refractivity (Wildman–Crippen MR) is 85.2 cm³/mol. The molecular weight excluding hydrogens is 248 g/mol. The van der Waals surface area contributed by atoms with Crippen LogP contribution in [0.4, 0.5) is 5.69 Å². The molecule has 1 aliphatic rings. The van der Waals surface area contributed by atoms with Crippen molar-refractivity contribution >= 4 is 5.69 Å². The van der Waals surface area contributed by atoms with E-state index in [1.54, 1.807) is 0 Å². The van der Waals surface area contributed by atoms with Crippen LogP contribution in [0.5, 0.6) is 0 Å². The van der Waals surface area contributed by atoms with E-state index in [2.05, 4.69) is 49.2 Å². The quantitative estimate of drug-likeness (QED) is 0.868. The summed E-state index contributed by atoms with van der Waals surface area (Å²) in [6, 6.07) is 7.19. The van der Waals surface area contributed by atoms with Crippen molar-refractivity contribution in [3.8, 4) is 0 Å². The number of benzene rings is 1. The van der Waals surface area contributed by atoms with Gasteiger partial charge in [-0.25, -0.2) is 0 Å². The lowest BCUT2D eigenvalue weighted by Crippen LogP contribution is -2.27. The van der Waals surface area contributed by atoms with E-state index in [1.165, 1.54) is 16.8 Å². The normalized spacial score (nSPS) is 20.7. The Morgan fingerprint density at radius 2 is 2.10 bits per heavy atom. The van der Waals surface area contributed by atoms with Crippen LogP contribution in [0.2, 0.25) is 0 Å². The lowest BCUT2D eigenvalue weighted by molar-refractivity contribution is 0.136. The zero-order valence-corrected chi connectivity index (χ0v) is 13.2. The SMILES string of the molecule is Cc1ccc(N2CCC(C(C)O)C2)c(CNC(C)C)c1. The maximum Gasteiger partial charge on any atom is 0.0557 e. The minimum atomic E-state index is -0.206. The predicted octanol–water partition coefficient (Wildman–Crippen LogP) is 2.70. The number of nitrogens with zero attached hydrogens (tertiary/aromatic N) is 1. The Morgan fingerprint density at radius 3 is 2.70 bits per heavy atom. The highest BCUT2D eigenvalue weighted by Gasteiger charge is 2.27. The molecule has 3 heteroatoms. The van der Waals surface area contributed by atoms with Crippen molar-refractivity contribution < 1.29 is 5.11 Å². The monoisotopic (exact) mass is 276 g/mol. The van der Waals surface area contributed by atoms with E-state index in [-0.39, 0.29) is 6.10 Å². The van der Waals surface area contributed by atoms with Crippen LogP contribution in [0.1, 0.15) is 38.3 Å². The molecule has 0 bridgehead atoms. The highest BCUT2D eigenvalue weighted by atomic mass is 16.3. The first kappa shape index (κ1) is 15.3. The molecule has 2 rings (SSSR count). The zero-order valence-electron chi connectivity index (χ0n) is 13.2. The first-order valence-electron chi connectivity index (χ1n) is 7.73. The van der Waals surface area contributed by atoms with E-state index in [0.717, 1.165) is 26.1 Å². The molecule has 0 spiro atoms. The lowest BCUT2D eigenvalue weighted by Gasteiger charge is -2.24. The molecule has 2 N–H and O–H groups in total. The number of aliphatic hydroxyl groups is 1. The fraction of sp³-hybridized carbons (Fsp3) is 0.647. The number of hydrogen-bond acceptors (Lipinski definition) is 3. The second kappa shape index (κ2) is 6.59. The average molecular weight is 276 g/mol. The van der Waals surface area contributed by atoms with Crippen molar-refractivity contribution in [1.82, 2.24) is 5.32 Å². The molecule has 1 aromatic rings. The summed E-state index contributed by atoms with van der Waals surface area (Å²) in [5.41, 5.74) is 4.00. The fourth-order valence-electron chi connectivity index (χ4n) is 2.88. The van der Waals surface area contributed by atoms with Gasteiger partial charge in [-0.3, -0.25) is 0 Å². The molecule has 20 heavy (non-hydrogen) atoms. The van der Waals surface area contributed by atoms with Crippen molar-refractivity contribution in [1.29, 1.82) is 0 Å². The van der Waals surface area contributed by atoms with E-state index in [4.69, 9.17) is 0 Å². The molecule has 0 aliphatic carbocycles. The maximum absolute atomic E-state index is 9.77. The smallest absolute Gasteiger partial charge is 0.0557 e. The van der Waals surface area contributed by atoms with Crippen molar-refractivity contribution in [2.75, 3.05) is 18.0 Å². The molecule has 0 radical (unpaired) electrons. The van der Waals surface area contributed by atoms with Gasteiger partial charge in [0.05, 0.1) is 6.10 Å². The number of aliphatic hydroxyl groups excluding tert-OH is 1. The summed E-state index contributed by atoms with van der Waals surface area (Å²) < 4.78 is 0. The second-order valence-electron chi connectivity index (χ2n) is 6.40. The van der Waals surface area contributed by atoms with Crippen molar-refractivity contribution in [2.24, 2.45) is 5.92 Å². The van der Waals surface area contributed by atoms with Gasteiger partial charge in [-0.1, -0.05) is 31.5 Å². The van der Waals surface area contributed by atoms with Crippen molar-refractivity contribution in [3.05, 3.63) is 29.3 Å². The molecule has 0 aromatic heterocycles. The van der Waals surface area contributed by atoms with Crippen LogP contribution < -0.4 is 10.2 Å². The molecule has 112 valence electrons.